The largest absolute Gasteiger partial charge is 0.292 e. The normalized spacial score (nSPS) is 11.0. The van der Waals surface area contributed by atoms with Gasteiger partial charge in [0.25, 0.3) is 0 Å². The monoisotopic (exact) mass is 299 g/mol. The van der Waals surface area contributed by atoms with Gasteiger partial charge in [-0.15, -0.1) is 0 Å². The molecule has 0 bridgehead atoms. The maximum absolute atomic E-state index is 12.3. The number of Topliss-reactive ketones (excluding diaryl/α,β-unsaturated/α-hetero) is 1. The summed E-state index contributed by atoms with van der Waals surface area (Å²) in [6.45, 7) is 0. The molecule has 4 rings (SSSR count). The first-order valence-electron chi connectivity index (χ1n) is 7.39. The zero-order valence-corrected chi connectivity index (χ0v) is 12.3. The Balaban J connectivity index is 1.76. The van der Waals surface area contributed by atoms with Crippen molar-refractivity contribution < 1.29 is 4.79 Å². The van der Waals surface area contributed by atoms with Crippen molar-refractivity contribution in [3.8, 4) is 0 Å². The smallest absolute Gasteiger partial charge is 0.187 e. The van der Waals surface area contributed by atoms with E-state index in [1.165, 1.54) is 0 Å². The molecule has 110 valence electrons. The molecular formula is C19H13N3O. The van der Waals surface area contributed by atoms with Gasteiger partial charge in [-0.25, -0.2) is 0 Å². The van der Waals surface area contributed by atoms with Crippen molar-refractivity contribution in [2.45, 2.75) is 6.42 Å². The Bertz CT molecular complexity index is 1010. The average molecular weight is 299 g/mol. The second-order valence-electron chi connectivity index (χ2n) is 5.33. The van der Waals surface area contributed by atoms with Crippen LogP contribution >= 0.6 is 0 Å². The molecule has 0 radical (unpaired) electrons. The van der Waals surface area contributed by atoms with Gasteiger partial charge in [0.15, 0.2) is 5.78 Å². The summed E-state index contributed by atoms with van der Waals surface area (Å²) in [5.74, 6) is -0.0364. The molecule has 0 aliphatic rings. The second-order valence-corrected chi connectivity index (χ2v) is 5.33. The van der Waals surface area contributed by atoms with Crippen LogP contribution in [0.1, 0.15) is 16.2 Å². The van der Waals surface area contributed by atoms with Crippen molar-refractivity contribution in [1.82, 2.24) is 15.0 Å². The number of ketones is 1. The maximum atomic E-state index is 12.3. The third-order valence-corrected chi connectivity index (χ3v) is 3.78. The predicted molar refractivity (Wildman–Crippen MR) is 89.3 cm³/mol. The van der Waals surface area contributed by atoms with Gasteiger partial charge >= 0.3 is 0 Å². The Morgan fingerprint density at radius 1 is 0.783 bits per heavy atom. The summed E-state index contributed by atoms with van der Waals surface area (Å²) in [6, 6.07) is 17.2. The third-order valence-electron chi connectivity index (χ3n) is 3.78. The Morgan fingerprint density at radius 3 is 2.39 bits per heavy atom. The number of carbonyl (C=O) groups is 1. The Kier molecular flexibility index (Phi) is 3.27. The molecule has 4 aromatic rings. The summed E-state index contributed by atoms with van der Waals surface area (Å²) in [4.78, 5) is 25.5. The van der Waals surface area contributed by atoms with Gasteiger partial charge in [-0.3, -0.25) is 19.7 Å². The van der Waals surface area contributed by atoms with Crippen molar-refractivity contribution in [2.24, 2.45) is 0 Å². The molecule has 0 amide bonds. The highest BCUT2D eigenvalue weighted by molar-refractivity contribution is 6.03. The molecule has 3 heterocycles. The van der Waals surface area contributed by atoms with Crippen LogP contribution in [-0.4, -0.2) is 20.7 Å². The Morgan fingerprint density at radius 2 is 1.57 bits per heavy atom. The number of nitrogens with zero attached hydrogens (tertiary/aromatic N) is 3. The van der Waals surface area contributed by atoms with Gasteiger partial charge in [-0.2, -0.15) is 0 Å². The fraction of sp³-hybridized carbons (Fsp3) is 0.0526. The summed E-state index contributed by atoms with van der Waals surface area (Å²) in [5.41, 5.74) is 2.88. The van der Waals surface area contributed by atoms with E-state index < -0.39 is 0 Å². The van der Waals surface area contributed by atoms with Crippen LogP contribution < -0.4 is 0 Å². The molecule has 3 aromatic heterocycles. The van der Waals surface area contributed by atoms with Gasteiger partial charge in [-0.05, 0) is 24.3 Å². The van der Waals surface area contributed by atoms with Crippen LogP contribution in [-0.2, 0) is 6.42 Å². The molecule has 0 saturated heterocycles. The molecular weight excluding hydrogens is 286 g/mol. The van der Waals surface area contributed by atoms with E-state index in [2.05, 4.69) is 15.0 Å². The highest BCUT2D eigenvalue weighted by Gasteiger charge is 2.10. The molecule has 0 aliphatic heterocycles. The zero-order valence-electron chi connectivity index (χ0n) is 12.3. The number of benzene rings is 1. The van der Waals surface area contributed by atoms with Gasteiger partial charge in [0.2, 0.25) is 0 Å². The van der Waals surface area contributed by atoms with Gasteiger partial charge in [0.1, 0.15) is 5.69 Å². The van der Waals surface area contributed by atoms with E-state index in [0.29, 0.717) is 5.69 Å². The van der Waals surface area contributed by atoms with Crippen LogP contribution in [0.2, 0.25) is 0 Å². The van der Waals surface area contributed by atoms with E-state index in [0.717, 1.165) is 27.5 Å². The first-order chi connectivity index (χ1) is 11.3. The standard InChI is InChI=1S/C19H13N3O/c23-17(16-5-1-2-10-20-16)12-15-9-8-14-7-6-13-4-3-11-21-18(13)19(14)22-15/h1-11H,12H2. The zero-order chi connectivity index (χ0) is 15.6. The van der Waals surface area contributed by atoms with Gasteiger partial charge in [-0.1, -0.05) is 30.3 Å². The summed E-state index contributed by atoms with van der Waals surface area (Å²) in [5, 5.41) is 2.06. The lowest BCUT2D eigenvalue weighted by molar-refractivity contribution is 0.0987. The quantitative estimate of drug-likeness (QED) is 0.428. The number of hydrogen-bond donors (Lipinski definition) is 0. The van der Waals surface area contributed by atoms with E-state index in [1.54, 1.807) is 24.5 Å². The van der Waals surface area contributed by atoms with Crippen LogP contribution in [0, 0.1) is 0 Å². The van der Waals surface area contributed by atoms with E-state index in [1.807, 2.05) is 42.5 Å². The molecule has 0 aliphatic carbocycles. The van der Waals surface area contributed by atoms with Crippen LogP contribution in [0.15, 0.2) is 67.0 Å². The van der Waals surface area contributed by atoms with E-state index in [9.17, 15) is 4.79 Å². The number of rotatable bonds is 3. The lowest BCUT2D eigenvalue weighted by atomic mass is 10.1. The maximum Gasteiger partial charge on any atom is 0.187 e. The first kappa shape index (κ1) is 13.5. The fourth-order valence-electron chi connectivity index (χ4n) is 2.65. The van der Waals surface area contributed by atoms with Crippen LogP contribution in [0.25, 0.3) is 21.8 Å². The topological polar surface area (TPSA) is 55.7 Å². The highest BCUT2D eigenvalue weighted by Crippen LogP contribution is 2.22. The van der Waals surface area contributed by atoms with E-state index in [4.69, 9.17) is 0 Å². The van der Waals surface area contributed by atoms with Gasteiger partial charge in [0, 0.05) is 28.9 Å². The van der Waals surface area contributed by atoms with Crippen molar-refractivity contribution in [3.05, 3.63) is 78.4 Å². The summed E-state index contributed by atoms with van der Waals surface area (Å²) >= 11 is 0. The molecule has 23 heavy (non-hydrogen) atoms. The molecule has 4 heteroatoms. The Labute approximate surface area is 132 Å². The summed E-state index contributed by atoms with van der Waals surface area (Å²) in [6.07, 6.45) is 3.61. The Hall–Kier alpha value is -3.14. The second kappa shape index (κ2) is 5.57. The summed E-state index contributed by atoms with van der Waals surface area (Å²) < 4.78 is 0. The van der Waals surface area contributed by atoms with E-state index in [-0.39, 0.29) is 12.2 Å². The number of hydrogen-bond acceptors (Lipinski definition) is 4. The van der Waals surface area contributed by atoms with Crippen LogP contribution in [0.3, 0.4) is 0 Å². The molecule has 1 aromatic carbocycles. The summed E-state index contributed by atoms with van der Waals surface area (Å²) in [7, 11) is 0. The fourth-order valence-corrected chi connectivity index (χ4v) is 2.65. The lowest BCUT2D eigenvalue weighted by Crippen LogP contribution is -2.07. The van der Waals surface area contributed by atoms with Crippen molar-refractivity contribution in [1.29, 1.82) is 0 Å². The van der Waals surface area contributed by atoms with Gasteiger partial charge in [0.05, 0.1) is 17.5 Å². The molecule has 0 fully saturated rings. The molecule has 0 atom stereocenters. The molecule has 0 spiro atoms. The SMILES string of the molecule is O=C(Cc1ccc2ccc3cccnc3c2n1)c1ccccn1. The predicted octanol–water partition coefficient (Wildman–Crippen LogP) is 3.60. The minimum Gasteiger partial charge on any atom is -0.292 e. The van der Waals surface area contributed by atoms with Crippen molar-refractivity contribution in [3.63, 3.8) is 0 Å². The number of pyridine rings is 3. The average Bonchev–Trinajstić information content (AvgIpc) is 2.62. The van der Waals surface area contributed by atoms with Crippen LogP contribution in [0.5, 0.6) is 0 Å². The molecule has 4 nitrogen and oxygen atoms in total. The molecule has 0 N–H and O–H groups in total. The third kappa shape index (κ3) is 2.55. The molecule has 0 saturated carbocycles. The number of fused-ring (bicyclic) bond motifs is 3. The van der Waals surface area contributed by atoms with Crippen LogP contribution in [0.4, 0.5) is 0 Å². The highest BCUT2D eigenvalue weighted by atomic mass is 16.1. The minimum absolute atomic E-state index is 0.0364. The van der Waals surface area contributed by atoms with Crippen molar-refractivity contribution in [2.75, 3.05) is 0 Å². The number of aromatic nitrogens is 3. The minimum atomic E-state index is -0.0364. The first-order valence-corrected chi connectivity index (χ1v) is 7.39. The lowest BCUT2D eigenvalue weighted by Gasteiger charge is -2.05. The van der Waals surface area contributed by atoms with E-state index >= 15 is 0 Å². The van der Waals surface area contributed by atoms with Gasteiger partial charge < -0.3 is 0 Å². The van der Waals surface area contributed by atoms with Crippen molar-refractivity contribution >= 4 is 27.6 Å². The number of carbonyl (C=O) groups excluding carboxylic acids is 1. The molecule has 0 unspecified atom stereocenters.